The Bertz CT molecular complexity index is 1310. The summed E-state index contributed by atoms with van der Waals surface area (Å²) in [6, 6.07) is 0. The SMILES string of the molecule is C[C@@H]1O[C@@H]2COP(C)(=O)O[C@H]3[C@@H](F)[C@H](n4cc5c6c(ncnc64)CCCC5)O[C@@H]3COP(C)(=O)O[C@@H]1[C@@H]2O. The molecule has 2 aromatic heterocycles. The predicted octanol–water partition coefficient (Wildman–Crippen LogP) is 3.16. The first-order valence-electron chi connectivity index (χ1n) is 12.8. The Morgan fingerprint density at radius 1 is 1.00 bits per heavy atom. The van der Waals surface area contributed by atoms with Gasteiger partial charge in [-0.3, -0.25) is 18.2 Å². The fourth-order valence-corrected chi connectivity index (χ4v) is 8.11. The molecule has 1 aliphatic carbocycles. The van der Waals surface area contributed by atoms with E-state index in [0.717, 1.165) is 42.3 Å². The molecule has 2 bridgehead atoms. The van der Waals surface area contributed by atoms with E-state index in [2.05, 4.69) is 9.97 Å². The Labute approximate surface area is 219 Å². The van der Waals surface area contributed by atoms with E-state index in [-0.39, 0.29) is 13.2 Å². The molecule has 0 amide bonds. The second-order valence-electron chi connectivity index (χ2n) is 10.4. The molecular formula is C23H32FN3O9P2. The third-order valence-corrected chi connectivity index (χ3v) is 10.0. The topological polar surface area (TPSA) is 140 Å². The molecule has 3 saturated heterocycles. The first-order chi connectivity index (χ1) is 18.0. The second kappa shape index (κ2) is 9.98. The third-order valence-electron chi connectivity index (χ3n) is 7.56. The number of aliphatic hydroxyl groups is 1. The molecular weight excluding hydrogens is 543 g/mol. The number of aryl methyl sites for hydroxylation is 2. The average molecular weight is 575 g/mol. The van der Waals surface area contributed by atoms with Gasteiger partial charge in [0.15, 0.2) is 12.4 Å². The molecule has 2 aromatic rings. The Morgan fingerprint density at radius 3 is 2.45 bits per heavy atom. The first kappa shape index (κ1) is 26.9. The molecule has 0 aromatic carbocycles. The van der Waals surface area contributed by atoms with E-state index in [1.165, 1.54) is 19.7 Å². The molecule has 3 aliphatic heterocycles. The van der Waals surface area contributed by atoms with Gasteiger partial charge in [-0.25, -0.2) is 14.4 Å². The van der Waals surface area contributed by atoms with Gasteiger partial charge in [0.05, 0.1) is 25.0 Å². The van der Waals surface area contributed by atoms with Gasteiger partial charge in [-0.15, -0.1) is 0 Å². The van der Waals surface area contributed by atoms with Crippen molar-refractivity contribution in [1.82, 2.24) is 14.5 Å². The van der Waals surface area contributed by atoms with E-state index < -0.39 is 64.2 Å². The van der Waals surface area contributed by atoms with Crippen LogP contribution in [0.4, 0.5) is 4.39 Å². The average Bonchev–Trinajstić information content (AvgIpc) is 3.39. The lowest BCUT2D eigenvalue weighted by Crippen LogP contribution is -2.35. The number of ether oxygens (including phenoxy) is 2. The lowest BCUT2D eigenvalue weighted by atomic mass is 10.1. The van der Waals surface area contributed by atoms with Crippen LogP contribution in [0.25, 0.3) is 11.0 Å². The van der Waals surface area contributed by atoms with E-state index in [0.29, 0.717) is 5.65 Å². The normalized spacial score (nSPS) is 44.1. The van der Waals surface area contributed by atoms with Gasteiger partial charge >= 0.3 is 15.2 Å². The van der Waals surface area contributed by atoms with E-state index in [9.17, 15) is 14.2 Å². The minimum Gasteiger partial charge on any atom is -0.387 e. The highest BCUT2D eigenvalue weighted by atomic mass is 31.2. The Balaban J connectivity index is 1.33. The van der Waals surface area contributed by atoms with Crippen molar-refractivity contribution >= 4 is 26.2 Å². The lowest BCUT2D eigenvalue weighted by Gasteiger charge is -2.25. The van der Waals surface area contributed by atoms with E-state index in [1.54, 1.807) is 11.5 Å². The van der Waals surface area contributed by atoms with Crippen LogP contribution in [0.15, 0.2) is 12.5 Å². The molecule has 1 N–H and O–H groups in total. The van der Waals surface area contributed by atoms with Crippen LogP contribution < -0.4 is 0 Å². The van der Waals surface area contributed by atoms with E-state index >= 15 is 4.39 Å². The van der Waals surface area contributed by atoms with Gasteiger partial charge in [-0.2, -0.15) is 0 Å². The largest absolute Gasteiger partial charge is 0.387 e. The monoisotopic (exact) mass is 575 g/mol. The number of halogens is 1. The number of fused-ring (bicyclic) bond motifs is 3. The maximum Gasteiger partial charge on any atom is 0.328 e. The first-order valence-corrected chi connectivity index (χ1v) is 16.8. The van der Waals surface area contributed by atoms with Crippen LogP contribution >= 0.6 is 15.2 Å². The molecule has 0 radical (unpaired) electrons. The number of hydrogen-bond acceptors (Lipinski definition) is 11. The molecule has 10 atom stereocenters. The molecule has 6 rings (SSSR count). The second-order valence-corrected chi connectivity index (χ2v) is 14.5. The van der Waals surface area contributed by atoms with Gasteiger partial charge in [-0.05, 0) is 38.2 Å². The zero-order valence-corrected chi connectivity index (χ0v) is 23.1. The molecule has 15 heteroatoms. The van der Waals surface area contributed by atoms with Gasteiger partial charge in [0.1, 0.15) is 42.5 Å². The quantitative estimate of drug-likeness (QED) is 0.502. The summed E-state index contributed by atoms with van der Waals surface area (Å²) in [5, 5.41) is 11.5. The maximum absolute atomic E-state index is 16.1. The molecule has 0 saturated carbocycles. The minimum absolute atomic E-state index is 0.294. The van der Waals surface area contributed by atoms with Crippen molar-refractivity contribution in [2.45, 2.75) is 81.6 Å². The van der Waals surface area contributed by atoms with Crippen molar-refractivity contribution in [1.29, 1.82) is 0 Å². The zero-order valence-electron chi connectivity index (χ0n) is 21.3. The highest BCUT2D eigenvalue weighted by Gasteiger charge is 2.52. The van der Waals surface area contributed by atoms with Crippen LogP contribution in [0.1, 0.15) is 37.3 Å². The number of rotatable bonds is 1. The standard InChI is InChI=1S/C23H32FN3O9P2/c1-12-20-19(28)15(33-12)9-31-38(3,30)36-21-16(10-32-37(2,29)35-20)34-23(18(21)24)27-8-13-6-4-5-7-14-17(13)22(27)26-11-25-14/h8,11-12,15-16,18-21,23,28H,4-7,9-10H2,1-3H3/t12-,15+,16+,18+,19+,20-,21+,23+,37?,38?/m0/s1. The molecule has 2 unspecified atom stereocenters. The van der Waals surface area contributed by atoms with Crippen molar-refractivity contribution < 1.29 is 46.2 Å². The summed E-state index contributed by atoms with van der Waals surface area (Å²) in [5.41, 5.74) is 2.48. The molecule has 210 valence electrons. The molecule has 5 heterocycles. The minimum atomic E-state index is -3.85. The summed E-state index contributed by atoms with van der Waals surface area (Å²) >= 11 is 0. The number of nitrogens with zero attached hydrogens (tertiary/aromatic N) is 3. The molecule has 3 fully saturated rings. The highest BCUT2D eigenvalue weighted by molar-refractivity contribution is 7.53. The van der Waals surface area contributed by atoms with Crippen LogP contribution in [0, 0.1) is 0 Å². The van der Waals surface area contributed by atoms with Gasteiger partial charge in [0, 0.05) is 24.9 Å². The summed E-state index contributed by atoms with van der Waals surface area (Å²) in [7, 11) is -7.60. The number of hydrogen-bond donors (Lipinski definition) is 1. The van der Waals surface area contributed by atoms with E-state index in [1.807, 2.05) is 6.20 Å². The van der Waals surface area contributed by atoms with Crippen LogP contribution in [0.5, 0.6) is 0 Å². The third kappa shape index (κ3) is 4.91. The maximum atomic E-state index is 16.1. The Hall–Kier alpha value is -1.27. The van der Waals surface area contributed by atoms with Crippen molar-refractivity contribution in [3.05, 3.63) is 23.8 Å². The molecule has 12 nitrogen and oxygen atoms in total. The van der Waals surface area contributed by atoms with Crippen molar-refractivity contribution in [2.75, 3.05) is 26.5 Å². The summed E-state index contributed by atoms with van der Waals surface area (Å²) < 4.78 is 78.4. The van der Waals surface area contributed by atoms with Gasteiger partial charge < -0.3 is 28.2 Å². The molecule has 4 aliphatic rings. The van der Waals surface area contributed by atoms with Crippen LogP contribution in [-0.4, -0.2) is 89.0 Å². The van der Waals surface area contributed by atoms with Crippen molar-refractivity contribution in [3.8, 4) is 0 Å². The van der Waals surface area contributed by atoms with Crippen LogP contribution in [-0.2, 0) is 49.5 Å². The molecule has 38 heavy (non-hydrogen) atoms. The Morgan fingerprint density at radius 2 is 1.68 bits per heavy atom. The van der Waals surface area contributed by atoms with Gasteiger partial charge in [0.25, 0.3) is 0 Å². The number of aromatic nitrogens is 3. The van der Waals surface area contributed by atoms with Crippen molar-refractivity contribution in [2.24, 2.45) is 0 Å². The smallest absolute Gasteiger partial charge is 0.328 e. The van der Waals surface area contributed by atoms with E-state index in [4.69, 9.17) is 27.6 Å². The summed E-state index contributed by atoms with van der Waals surface area (Å²) in [6.45, 7) is 3.47. The van der Waals surface area contributed by atoms with Crippen LogP contribution in [0.2, 0.25) is 0 Å². The van der Waals surface area contributed by atoms with Gasteiger partial charge in [-0.1, -0.05) is 0 Å². The van der Waals surface area contributed by atoms with Crippen molar-refractivity contribution in [3.63, 3.8) is 0 Å². The molecule has 0 spiro atoms. The summed E-state index contributed by atoms with van der Waals surface area (Å²) in [4.78, 5) is 8.86. The Kier molecular flexibility index (Phi) is 7.07. The van der Waals surface area contributed by atoms with Gasteiger partial charge in [0.2, 0.25) is 0 Å². The zero-order chi connectivity index (χ0) is 26.8. The predicted molar refractivity (Wildman–Crippen MR) is 132 cm³/mol. The fraction of sp³-hybridized carbons (Fsp3) is 0.739. The number of aliphatic hydroxyl groups excluding tert-OH is 1. The number of alkyl halides is 1. The lowest BCUT2D eigenvalue weighted by molar-refractivity contribution is -0.0457. The fourth-order valence-electron chi connectivity index (χ4n) is 5.72. The highest BCUT2D eigenvalue weighted by Crippen LogP contribution is 2.53. The summed E-state index contributed by atoms with van der Waals surface area (Å²) in [6.07, 6.45) is -2.21. The summed E-state index contributed by atoms with van der Waals surface area (Å²) in [5.74, 6) is 0. The van der Waals surface area contributed by atoms with Crippen LogP contribution in [0.3, 0.4) is 0 Å².